The number of amides is 1. The number of methoxy groups -OCH3 is 1. The average molecular weight is 253 g/mol. The summed E-state index contributed by atoms with van der Waals surface area (Å²) in [5, 5.41) is 2.73. The van der Waals surface area contributed by atoms with E-state index in [4.69, 9.17) is 10.5 Å². The first-order valence-corrected chi connectivity index (χ1v) is 5.77. The number of carbonyl (C=O) groups excluding carboxylic acids is 1. The number of nitrogens with two attached hydrogens (primary N) is 1. The molecule has 1 rings (SSSR count). The number of carbonyl (C=O) groups is 1. The zero-order chi connectivity index (χ0) is 13.5. The molecular weight excluding hydrogens is 234 g/mol. The number of aryl methyl sites for hydroxylation is 1. The van der Waals surface area contributed by atoms with Crippen LogP contribution in [0.4, 0.5) is 0 Å². The lowest BCUT2D eigenvalue weighted by atomic mass is 10.2. The van der Waals surface area contributed by atoms with Crippen LogP contribution in [-0.4, -0.2) is 37.2 Å². The van der Waals surface area contributed by atoms with Crippen molar-refractivity contribution in [1.82, 2.24) is 10.3 Å². The van der Waals surface area contributed by atoms with E-state index in [2.05, 4.69) is 10.3 Å². The van der Waals surface area contributed by atoms with Crippen LogP contribution in [0.5, 0.6) is 0 Å². The highest BCUT2D eigenvalue weighted by Gasteiger charge is 2.15. The minimum atomic E-state index is -0.410. The standard InChI is InChI=1S/C12H19N3O3/c1-8-5-11(16)10(6-14-8)12(17)15-9(3-4-13)7-18-2/h5-6,9H,3-4,7,13H2,1-2H3,(H,14,16)(H,15,17). The lowest BCUT2D eigenvalue weighted by molar-refractivity contribution is 0.0892. The van der Waals surface area contributed by atoms with E-state index in [1.54, 1.807) is 14.0 Å². The number of rotatable bonds is 6. The van der Waals surface area contributed by atoms with Gasteiger partial charge in [-0.05, 0) is 19.9 Å². The van der Waals surface area contributed by atoms with Gasteiger partial charge in [-0.2, -0.15) is 0 Å². The van der Waals surface area contributed by atoms with Gasteiger partial charge in [0.1, 0.15) is 5.56 Å². The van der Waals surface area contributed by atoms with Crippen molar-refractivity contribution in [3.8, 4) is 0 Å². The number of aromatic amines is 1. The molecule has 1 amide bonds. The predicted molar refractivity (Wildman–Crippen MR) is 68.6 cm³/mol. The Morgan fingerprint density at radius 1 is 1.61 bits per heavy atom. The number of H-pyrrole nitrogens is 1. The van der Waals surface area contributed by atoms with Crippen LogP contribution in [-0.2, 0) is 4.74 Å². The molecule has 0 aliphatic rings. The number of pyridine rings is 1. The van der Waals surface area contributed by atoms with Gasteiger partial charge in [-0.15, -0.1) is 0 Å². The Kier molecular flexibility index (Phi) is 5.54. The number of hydrogen-bond donors (Lipinski definition) is 3. The van der Waals surface area contributed by atoms with E-state index in [1.807, 2.05) is 0 Å². The molecule has 0 saturated carbocycles. The molecule has 0 fully saturated rings. The van der Waals surface area contributed by atoms with Crippen molar-refractivity contribution >= 4 is 5.91 Å². The molecule has 1 heterocycles. The summed E-state index contributed by atoms with van der Waals surface area (Å²) in [6.07, 6.45) is 2.02. The Labute approximate surface area is 106 Å². The first-order valence-electron chi connectivity index (χ1n) is 5.77. The zero-order valence-corrected chi connectivity index (χ0v) is 10.7. The number of aromatic nitrogens is 1. The summed E-state index contributed by atoms with van der Waals surface area (Å²) in [6, 6.07) is 1.21. The lowest BCUT2D eigenvalue weighted by Gasteiger charge is -2.16. The lowest BCUT2D eigenvalue weighted by Crippen LogP contribution is -2.41. The summed E-state index contributed by atoms with van der Waals surface area (Å²) >= 11 is 0. The van der Waals surface area contributed by atoms with E-state index in [9.17, 15) is 9.59 Å². The van der Waals surface area contributed by atoms with E-state index < -0.39 is 5.91 Å². The van der Waals surface area contributed by atoms with Gasteiger partial charge in [-0.1, -0.05) is 0 Å². The summed E-state index contributed by atoms with van der Waals surface area (Å²) < 4.78 is 4.99. The highest BCUT2D eigenvalue weighted by Crippen LogP contribution is 1.96. The summed E-state index contributed by atoms with van der Waals surface area (Å²) in [4.78, 5) is 26.4. The third-order valence-corrected chi connectivity index (χ3v) is 2.52. The van der Waals surface area contributed by atoms with Crippen LogP contribution < -0.4 is 16.5 Å². The fourth-order valence-corrected chi connectivity index (χ4v) is 1.61. The molecular formula is C12H19N3O3. The van der Waals surface area contributed by atoms with Gasteiger partial charge in [0.05, 0.1) is 12.6 Å². The normalized spacial score (nSPS) is 12.2. The maximum Gasteiger partial charge on any atom is 0.257 e. The molecule has 0 aliphatic heterocycles. The summed E-state index contributed by atoms with van der Waals surface area (Å²) in [7, 11) is 1.55. The Morgan fingerprint density at radius 2 is 2.33 bits per heavy atom. The number of nitrogens with one attached hydrogen (secondary N) is 2. The molecule has 0 aromatic carbocycles. The van der Waals surface area contributed by atoms with Gasteiger partial charge in [0.15, 0.2) is 5.43 Å². The van der Waals surface area contributed by atoms with Crippen LogP contribution in [0.1, 0.15) is 22.5 Å². The van der Waals surface area contributed by atoms with Gasteiger partial charge in [0, 0.05) is 25.1 Å². The molecule has 4 N–H and O–H groups in total. The Balaban J connectivity index is 2.77. The second kappa shape index (κ2) is 6.93. The molecule has 1 atom stereocenters. The molecule has 6 heteroatoms. The molecule has 1 aromatic rings. The quantitative estimate of drug-likeness (QED) is 0.652. The van der Waals surface area contributed by atoms with Crippen molar-refractivity contribution in [3.63, 3.8) is 0 Å². The van der Waals surface area contributed by atoms with Crippen LogP contribution >= 0.6 is 0 Å². The van der Waals surface area contributed by atoms with Crippen LogP contribution in [0, 0.1) is 6.92 Å². The van der Waals surface area contributed by atoms with Gasteiger partial charge >= 0.3 is 0 Å². The maximum absolute atomic E-state index is 11.9. The minimum Gasteiger partial charge on any atom is -0.383 e. The highest BCUT2D eigenvalue weighted by molar-refractivity contribution is 5.93. The summed E-state index contributed by atoms with van der Waals surface area (Å²) in [6.45, 7) is 2.57. The third-order valence-electron chi connectivity index (χ3n) is 2.52. The molecule has 0 spiro atoms. The highest BCUT2D eigenvalue weighted by atomic mass is 16.5. The van der Waals surface area contributed by atoms with E-state index in [1.165, 1.54) is 12.3 Å². The van der Waals surface area contributed by atoms with Crippen molar-refractivity contribution in [2.75, 3.05) is 20.3 Å². The molecule has 0 saturated heterocycles. The molecule has 1 unspecified atom stereocenters. The van der Waals surface area contributed by atoms with Gasteiger partial charge < -0.3 is 20.8 Å². The fourth-order valence-electron chi connectivity index (χ4n) is 1.61. The Hall–Kier alpha value is -1.66. The smallest absolute Gasteiger partial charge is 0.257 e. The van der Waals surface area contributed by atoms with Crippen molar-refractivity contribution in [2.24, 2.45) is 5.73 Å². The second-order valence-electron chi connectivity index (χ2n) is 4.10. The molecule has 0 aliphatic carbocycles. The molecule has 0 bridgehead atoms. The average Bonchev–Trinajstić information content (AvgIpc) is 2.29. The monoisotopic (exact) mass is 253 g/mol. The molecule has 100 valence electrons. The van der Waals surface area contributed by atoms with Gasteiger partial charge in [0.25, 0.3) is 5.91 Å². The Bertz CT molecular complexity index is 450. The second-order valence-corrected chi connectivity index (χ2v) is 4.10. The van der Waals surface area contributed by atoms with Crippen LogP contribution in [0.15, 0.2) is 17.1 Å². The summed E-state index contributed by atoms with van der Waals surface area (Å²) in [5.41, 5.74) is 5.96. The number of hydrogen-bond acceptors (Lipinski definition) is 4. The van der Waals surface area contributed by atoms with Crippen molar-refractivity contribution in [3.05, 3.63) is 33.7 Å². The zero-order valence-electron chi connectivity index (χ0n) is 10.7. The van der Waals surface area contributed by atoms with Gasteiger partial charge in [0.2, 0.25) is 0 Å². The third kappa shape index (κ3) is 3.97. The largest absolute Gasteiger partial charge is 0.383 e. The van der Waals surface area contributed by atoms with Crippen LogP contribution in [0.2, 0.25) is 0 Å². The SMILES string of the molecule is COCC(CCN)NC(=O)c1c[nH]c(C)cc1=O. The van der Waals surface area contributed by atoms with Gasteiger partial charge in [-0.3, -0.25) is 9.59 Å². The van der Waals surface area contributed by atoms with Crippen LogP contribution in [0.25, 0.3) is 0 Å². The van der Waals surface area contributed by atoms with Crippen molar-refractivity contribution in [1.29, 1.82) is 0 Å². The van der Waals surface area contributed by atoms with Gasteiger partial charge in [-0.25, -0.2) is 0 Å². The van der Waals surface area contributed by atoms with E-state index in [0.717, 1.165) is 0 Å². The molecule has 1 aromatic heterocycles. The number of ether oxygens (including phenoxy) is 1. The molecule has 0 radical (unpaired) electrons. The van der Waals surface area contributed by atoms with Crippen LogP contribution in [0.3, 0.4) is 0 Å². The van der Waals surface area contributed by atoms with Crippen molar-refractivity contribution < 1.29 is 9.53 Å². The topological polar surface area (TPSA) is 97.2 Å². The Morgan fingerprint density at radius 3 is 2.89 bits per heavy atom. The van der Waals surface area contributed by atoms with E-state index in [0.29, 0.717) is 25.3 Å². The first kappa shape index (κ1) is 14.4. The first-order chi connectivity index (χ1) is 8.58. The predicted octanol–water partition coefficient (Wildman–Crippen LogP) is -0.223. The minimum absolute atomic E-state index is 0.0960. The molecule has 6 nitrogen and oxygen atoms in total. The van der Waals surface area contributed by atoms with Crippen molar-refractivity contribution in [2.45, 2.75) is 19.4 Å². The summed E-state index contributed by atoms with van der Waals surface area (Å²) in [5.74, 6) is -0.410. The maximum atomic E-state index is 11.9. The van der Waals surface area contributed by atoms with E-state index in [-0.39, 0.29) is 17.0 Å². The fraction of sp³-hybridized carbons (Fsp3) is 0.500. The molecule has 18 heavy (non-hydrogen) atoms. The van der Waals surface area contributed by atoms with E-state index >= 15 is 0 Å².